The zero-order valence-electron chi connectivity index (χ0n) is 8.75. The van der Waals surface area contributed by atoms with Gasteiger partial charge in [0.05, 0.1) is 6.42 Å². The summed E-state index contributed by atoms with van der Waals surface area (Å²) in [6, 6.07) is 1.61. The second kappa shape index (κ2) is 4.22. The number of hydrogen-bond acceptors (Lipinski definition) is 3. The minimum absolute atomic E-state index is 0.110. The first-order chi connectivity index (χ1) is 7.59. The average molecular weight is 243 g/mol. The normalized spacial score (nSPS) is 13.6. The van der Waals surface area contributed by atoms with E-state index in [1.165, 1.54) is 0 Å². The largest absolute Gasteiger partial charge is 0.486 e. The molecule has 0 unspecified atom stereocenters. The Morgan fingerprint density at radius 3 is 2.88 bits per heavy atom. The van der Waals surface area contributed by atoms with Gasteiger partial charge in [0.1, 0.15) is 13.2 Å². The van der Waals surface area contributed by atoms with Crippen LogP contribution in [0, 0.1) is 6.92 Å². The fourth-order valence-electron chi connectivity index (χ4n) is 1.72. The number of fused-ring (bicyclic) bond motifs is 1. The zero-order chi connectivity index (χ0) is 11.7. The van der Waals surface area contributed by atoms with Gasteiger partial charge in [-0.25, -0.2) is 0 Å². The van der Waals surface area contributed by atoms with Gasteiger partial charge >= 0.3 is 5.97 Å². The second-order valence-electron chi connectivity index (χ2n) is 3.56. The molecule has 4 nitrogen and oxygen atoms in total. The molecule has 1 heterocycles. The maximum absolute atomic E-state index is 10.7. The summed E-state index contributed by atoms with van der Waals surface area (Å²) >= 11 is 6.01. The Hall–Kier alpha value is -1.42. The highest BCUT2D eigenvalue weighted by Crippen LogP contribution is 2.39. The van der Waals surface area contributed by atoms with E-state index in [1.807, 2.05) is 0 Å². The Bertz CT molecular complexity index is 442. The molecule has 0 saturated heterocycles. The summed E-state index contributed by atoms with van der Waals surface area (Å²) in [5.41, 5.74) is 1.32. The molecule has 0 saturated carbocycles. The van der Waals surface area contributed by atoms with E-state index < -0.39 is 5.97 Å². The molecule has 0 radical (unpaired) electrons. The van der Waals surface area contributed by atoms with Crippen molar-refractivity contribution in [1.82, 2.24) is 0 Å². The van der Waals surface area contributed by atoms with Crippen LogP contribution in [0.1, 0.15) is 11.1 Å². The van der Waals surface area contributed by atoms with Crippen molar-refractivity contribution < 1.29 is 19.4 Å². The van der Waals surface area contributed by atoms with Crippen LogP contribution in [0.25, 0.3) is 0 Å². The third-order valence-corrected chi connectivity index (χ3v) is 2.82. The second-order valence-corrected chi connectivity index (χ2v) is 3.96. The summed E-state index contributed by atoms with van der Waals surface area (Å²) < 4.78 is 10.8. The van der Waals surface area contributed by atoms with E-state index in [9.17, 15) is 4.79 Å². The van der Waals surface area contributed by atoms with Gasteiger partial charge in [-0.3, -0.25) is 4.79 Å². The number of ether oxygens (including phenoxy) is 2. The Balaban J connectivity index is 2.49. The number of carboxylic acids is 1. The van der Waals surface area contributed by atoms with Crippen LogP contribution in [-0.4, -0.2) is 24.3 Å². The van der Waals surface area contributed by atoms with Crippen molar-refractivity contribution in [3.8, 4) is 11.5 Å². The van der Waals surface area contributed by atoms with Gasteiger partial charge in [0, 0.05) is 16.7 Å². The number of benzene rings is 1. The summed E-state index contributed by atoms with van der Waals surface area (Å²) in [4.78, 5) is 10.7. The number of carbonyl (C=O) groups is 1. The van der Waals surface area contributed by atoms with Crippen molar-refractivity contribution in [2.45, 2.75) is 13.3 Å². The first kappa shape index (κ1) is 11.1. The fraction of sp³-hybridized carbons (Fsp3) is 0.364. The maximum atomic E-state index is 10.7. The zero-order valence-corrected chi connectivity index (χ0v) is 9.50. The molecule has 1 aromatic carbocycles. The fourth-order valence-corrected chi connectivity index (χ4v) is 2.03. The standard InChI is InChI=1S/C11H11ClO4/c1-6-7(4-10(13)14)8(12)5-9-11(6)16-3-2-15-9/h5H,2-4H2,1H3,(H,13,14). The summed E-state index contributed by atoms with van der Waals surface area (Å²) in [7, 11) is 0. The van der Waals surface area contributed by atoms with Gasteiger partial charge in [-0.1, -0.05) is 11.6 Å². The van der Waals surface area contributed by atoms with Crippen molar-refractivity contribution in [1.29, 1.82) is 0 Å². The molecule has 0 atom stereocenters. The number of carboxylic acid groups (broad SMARTS) is 1. The highest BCUT2D eigenvalue weighted by atomic mass is 35.5. The van der Waals surface area contributed by atoms with Crippen LogP contribution in [0.4, 0.5) is 0 Å². The summed E-state index contributed by atoms with van der Waals surface area (Å²) in [6.45, 7) is 2.75. The van der Waals surface area contributed by atoms with E-state index in [1.54, 1.807) is 13.0 Å². The lowest BCUT2D eigenvalue weighted by Gasteiger charge is -2.22. The van der Waals surface area contributed by atoms with Gasteiger partial charge in [-0.05, 0) is 12.5 Å². The Kier molecular flexibility index (Phi) is 2.92. The lowest BCUT2D eigenvalue weighted by atomic mass is 10.0. The SMILES string of the molecule is Cc1c(CC(=O)O)c(Cl)cc2c1OCCO2. The monoisotopic (exact) mass is 242 g/mol. The molecule has 2 rings (SSSR count). The molecule has 0 fully saturated rings. The molecule has 0 amide bonds. The van der Waals surface area contributed by atoms with Crippen LogP contribution in [0.2, 0.25) is 5.02 Å². The molecule has 0 aromatic heterocycles. The van der Waals surface area contributed by atoms with E-state index in [0.29, 0.717) is 35.3 Å². The van der Waals surface area contributed by atoms with Gasteiger partial charge in [-0.2, -0.15) is 0 Å². The third-order valence-electron chi connectivity index (χ3n) is 2.48. The summed E-state index contributed by atoms with van der Waals surface area (Å²) in [6.07, 6.45) is -0.110. The lowest BCUT2D eigenvalue weighted by Crippen LogP contribution is -2.17. The van der Waals surface area contributed by atoms with Crippen LogP contribution in [0.15, 0.2) is 6.07 Å². The quantitative estimate of drug-likeness (QED) is 0.862. The molecule has 1 N–H and O–H groups in total. The first-order valence-electron chi connectivity index (χ1n) is 4.89. The van der Waals surface area contributed by atoms with E-state index in [-0.39, 0.29) is 6.42 Å². The molecule has 16 heavy (non-hydrogen) atoms. The lowest BCUT2D eigenvalue weighted by molar-refractivity contribution is -0.136. The Morgan fingerprint density at radius 2 is 2.19 bits per heavy atom. The molecule has 0 aliphatic carbocycles. The van der Waals surface area contributed by atoms with Crippen LogP contribution in [-0.2, 0) is 11.2 Å². The number of rotatable bonds is 2. The summed E-state index contributed by atoms with van der Waals surface area (Å²) in [5.74, 6) is 0.275. The highest BCUT2D eigenvalue weighted by Gasteiger charge is 2.20. The molecule has 1 aliphatic heterocycles. The minimum atomic E-state index is -0.915. The van der Waals surface area contributed by atoms with Crippen molar-refractivity contribution in [3.63, 3.8) is 0 Å². The van der Waals surface area contributed by atoms with Crippen molar-refractivity contribution >= 4 is 17.6 Å². The molecule has 0 spiro atoms. The van der Waals surface area contributed by atoms with E-state index in [4.69, 9.17) is 26.2 Å². The van der Waals surface area contributed by atoms with Crippen molar-refractivity contribution in [2.75, 3.05) is 13.2 Å². The number of halogens is 1. The van der Waals surface area contributed by atoms with Gasteiger partial charge in [0.2, 0.25) is 0 Å². The van der Waals surface area contributed by atoms with Crippen LogP contribution in [0.3, 0.4) is 0 Å². The van der Waals surface area contributed by atoms with E-state index in [2.05, 4.69) is 0 Å². The Morgan fingerprint density at radius 1 is 1.50 bits per heavy atom. The number of hydrogen-bond donors (Lipinski definition) is 1. The van der Waals surface area contributed by atoms with Crippen LogP contribution in [0.5, 0.6) is 11.5 Å². The van der Waals surface area contributed by atoms with Gasteiger partial charge in [-0.15, -0.1) is 0 Å². The van der Waals surface area contributed by atoms with E-state index >= 15 is 0 Å². The Labute approximate surface area is 97.7 Å². The highest BCUT2D eigenvalue weighted by molar-refractivity contribution is 6.31. The third kappa shape index (κ3) is 1.93. The van der Waals surface area contributed by atoms with E-state index in [0.717, 1.165) is 5.56 Å². The van der Waals surface area contributed by atoms with Crippen molar-refractivity contribution in [3.05, 3.63) is 22.2 Å². The molecule has 0 bridgehead atoms. The average Bonchev–Trinajstić information content (AvgIpc) is 2.24. The van der Waals surface area contributed by atoms with Crippen molar-refractivity contribution in [2.24, 2.45) is 0 Å². The smallest absolute Gasteiger partial charge is 0.307 e. The van der Waals surface area contributed by atoms with Crippen LogP contribution < -0.4 is 9.47 Å². The predicted octanol–water partition coefficient (Wildman–Crippen LogP) is 2.05. The molecular weight excluding hydrogens is 232 g/mol. The molecular formula is C11H11ClO4. The molecule has 1 aromatic rings. The first-order valence-corrected chi connectivity index (χ1v) is 5.26. The van der Waals surface area contributed by atoms with Gasteiger partial charge < -0.3 is 14.6 Å². The molecule has 5 heteroatoms. The minimum Gasteiger partial charge on any atom is -0.486 e. The number of aliphatic carboxylic acids is 1. The molecule has 1 aliphatic rings. The topological polar surface area (TPSA) is 55.8 Å². The molecule has 86 valence electrons. The summed E-state index contributed by atoms with van der Waals surface area (Å²) in [5, 5.41) is 9.20. The predicted molar refractivity (Wildman–Crippen MR) is 58.5 cm³/mol. The van der Waals surface area contributed by atoms with Crippen LogP contribution >= 0.6 is 11.6 Å². The van der Waals surface area contributed by atoms with Gasteiger partial charge in [0.15, 0.2) is 11.5 Å². The maximum Gasteiger partial charge on any atom is 0.307 e. The van der Waals surface area contributed by atoms with Gasteiger partial charge in [0.25, 0.3) is 0 Å².